The average Bonchev–Trinajstić information content (AvgIpc) is 3.05. The van der Waals surface area contributed by atoms with Crippen LogP contribution in [0.25, 0.3) is 0 Å². The van der Waals surface area contributed by atoms with Crippen LogP contribution >= 0.6 is 11.8 Å². The third-order valence-corrected chi connectivity index (χ3v) is 4.49. The average molecular weight is 379 g/mol. The van der Waals surface area contributed by atoms with Crippen molar-refractivity contribution < 1.29 is 18.7 Å². The van der Waals surface area contributed by atoms with Gasteiger partial charge in [-0.25, -0.2) is 9.07 Å². The first kappa shape index (κ1) is 20.0. The van der Waals surface area contributed by atoms with Crippen LogP contribution in [0.15, 0.2) is 41.4 Å². The number of carbonyl (C=O) groups excluding carboxylic acids is 2. The van der Waals surface area contributed by atoms with Crippen LogP contribution in [0.4, 0.5) is 10.2 Å². The summed E-state index contributed by atoms with van der Waals surface area (Å²) in [5.41, 5.74) is 0. The third-order valence-electron chi connectivity index (χ3n) is 3.48. The zero-order valence-corrected chi connectivity index (χ0v) is 15.8. The Morgan fingerprint density at radius 2 is 1.92 bits per heavy atom. The number of carbonyl (C=O) groups is 2. The first-order valence-corrected chi connectivity index (χ1v) is 9.27. The smallest absolute Gasteiger partial charge is 0.307 e. The van der Waals surface area contributed by atoms with Crippen LogP contribution in [0.2, 0.25) is 0 Å². The molecule has 1 atom stereocenters. The maximum absolute atomic E-state index is 12.8. The molecule has 140 valence electrons. The Labute approximate surface area is 156 Å². The van der Waals surface area contributed by atoms with E-state index in [1.165, 1.54) is 30.8 Å². The molecule has 6 nitrogen and oxygen atoms in total. The maximum atomic E-state index is 12.8. The molecule has 1 heterocycles. The number of nitrogens with zero attached hydrogens (tertiary/aromatic N) is 2. The van der Waals surface area contributed by atoms with Crippen molar-refractivity contribution in [3.8, 4) is 0 Å². The fourth-order valence-electron chi connectivity index (χ4n) is 2.15. The van der Waals surface area contributed by atoms with Gasteiger partial charge in [0.1, 0.15) is 11.6 Å². The van der Waals surface area contributed by atoms with Crippen LogP contribution in [-0.2, 0) is 14.3 Å². The van der Waals surface area contributed by atoms with Gasteiger partial charge in [-0.05, 0) is 45.0 Å². The quantitative estimate of drug-likeness (QED) is 0.560. The van der Waals surface area contributed by atoms with E-state index in [1.807, 2.05) is 13.8 Å². The standard InChI is InChI=1S/C18H22FN3O3S/c1-12(2)22-16(8-10-20-22)21-18(24)13(3)25-17(23)9-11-26-15-6-4-14(19)5-7-15/h4-8,10,12-13H,9,11H2,1-3H3,(H,21,24)/t13-/m0/s1. The molecule has 0 aliphatic heterocycles. The van der Waals surface area contributed by atoms with Gasteiger partial charge < -0.3 is 10.1 Å². The van der Waals surface area contributed by atoms with E-state index in [-0.39, 0.29) is 18.3 Å². The molecule has 0 aliphatic rings. The molecule has 1 amide bonds. The second-order valence-electron chi connectivity index (χ2n) is 5.93. The highest BCUT2D eigenvalue weighted by atomic mass is 32.2. The van der Waals surface area contributed by atoms with Gasteiger partial charge in [-0.2, -0.15) is 5.10 Å². The van der Waals surface area contributed by atoms with E-state index >= 15 is 0 Å². The molecule has 0 aliphatic carbocycles. The fourth-order valence-corrected chi connectivity index (χ4v) is 2.98. The zero-order chi connectivity index (χ0) is 19.1. The van der Waals surface area contributed by atoms with Gasteiger partial charge in [0.05, 0.1) is 12.6 Å². The molecule has 0 unspecified atom stereocenters. The summed E-state index contributed by atoms with van der Waals surface area (Å²) in [6.45, 7) is 5.42. The summed E-state index contributed by atoms with van der Waals surface area (Å²) in [6.07, 6.45) is 0.844. The number of anilines is 1. The van der Waals surface area contributed by atoms with Gasteiger partial charge in [0.25, 0.3) is 5.91 Å². The summed E-state index contributed by atoms with van der Waals surface area (Å²) >= 11 is 1.42. The van der Waals surface area contributed by atoms with E-state index in [4.69, 9.17) is 4.74 Å². The van der Waals surface area contributed by atoms with Crippen molar-refractivity contribution in [3.05, 3.63) is 42.3 Å². The van der Waals surface area contributed by atoms with Gasteiger partial charge in [0.15, 0.2) is 6.10 Å². The van der Waals surface area contributed by atoms with Crippen molar-refractivity contribution in [1.82, 2.24) is 9.78 Å². The highest BCUT2D eigenvalue weighted by molar-refractivity contribution is 7.99. The van der Waals surface area contributed by atoms with Gasteiger partial charge in [0.2, 0.25) is 0 Å². The van der Waals surface area contributed by atoms with Crippen LogP contribution in [0.3, 0.4) is 0 Å². The van der Waals surface area contributed by atoms with Gasteiger partial charge in [-0.1, -0.05) is 0 Å². The van der Waals surface area contributed by atoms with Crippen LogP contribution < -0.4 is 5.32 Å². The summed E-state index contributed by atoms with van der Waals surface area (Å²) in [5.74, 6) is -0.127. The topological polar surface area (TPSA) is 73.2 Å². The lowest BCUT2D eigenvalue weighted by Gasteiger charge is -2.15. The largest absolute Gasteiger partial charge is 0.453 e. The molecule has 2 aromatic rings. The van der Waals surface area contributed by atoms with Crippen molar-refractivity contribution in [2.45, 2.75) is 44.2 Å². The van der Waals surface area contributed by atoms with Gasteiger partial charge in [0, 0.05) is 22.8 Å². The summed E-state index contributed by atoms with van der Waals surface area (Å²) in [7, 11) is 0. The number of thioether (sulfide) groups is 1. The highest BCUT2D eigenvalue weighted by Gasteiger charge is 2.19. The number of nitrogens with one attached hydrogen (secondary N) is 1. The Kier molecular flexibility index (Phi) is 7.20. The molecule has 8 heteroatoms. The first-order valence-electron chi connectivity index (χ1n) is 8.29. The lowest BCUT2D eigenvalue weighted by molar-refractivity contribution is -0.152. The fraction of sp³-hybridized carbons (Fsp3) is 0.389. The van der Waals surface area contributed by atoms with Crippen LogP contribution in [0.5, 0.6) is 0 Å². The van der Waals surface area contributed by atoms with Gasteiger partial charge in [-0.3, -0.25) is 9.59 Å². The number of hydrogen-bond acceptors (Lipinski definition) is 5. The molecule has 0 saturated heterocycles. The SMILES string of the molecule is CC(C)n1nccc1NC(=O)[C@H](C)OC(=O)CCSc1ccc(F)cc1. The van der Waals surface area contributed by atoms with E-state index < -0.39 is 18.0 Å². The van der Waals surface area contributed by atoms with E-state index in [0.29, 0.717) is 11.6 Å². The molecule has 1 aromatic heterocycles. The second-order valence-corrected chi connectivity index (χ2v) is 7.10. The van der Waals surface area contributed by atoms with Crippen LogP contribution in [-0.4, -0.2) is 33.5 Å². The molecule has 0 spiro atoms. The molecule has 2 rings (SSSR count). The molecule has 0 saturated carbocycles. The number of ether oxygens (including phenoxy) is 1. The number of amides is 1. The van der Waals surface area contributed by atoms with Crippen LogP contribution in [0.1, 0.15) is 33.2 Å². The number of halogens is 1. The first-order chi connectivity index (χ1) is 12.4. The van der Waals surface area contributed by atoms with E-state index in [2.05, 4.69) is 10.4 Å². The van der Waals surface area contributed by atoms with Crippen molar-refractivity contribution in [1.29, 1.82) is 0 Å². The maximum Gasteiger partial charge on any atom is 0.307 e. The predicted octanol–water partition coefficient (Wildman–Crippen LogP) is 3.66. The van der Waals surface area contributed by atoms with Crippen molar-refractivity contribution in [2.24, 2.45) is 0 Å². The summed E-state index contributed by atoms with van der Waals surface area (Å²) in [5, 5.41) is 6.84. The third kappa shape index (κ3) is 5.87. The number of aromatic nitrogens is 2. The van der Waals surface area contributed by atoms with Crippen molar-refractivity contribution >= 4 is 29.5 Å². The molecule has 1 aromatic carbocycles. The highest BCUT2D eigenvalue weighted by Crippen LogP contribution is 2.19. The number of benzene rings is 1. The molecule has 26 heavy (non-hydrogen) atoms. The molecule has 1 N–H and O–H groups in total. The van der Waals surface area contributed by atoms with Crippen molar-refractivity contribution in [3.63, 3.8) is 0 Å². The minimum atomic E-state index is -0.908. The predicted molar refractivity (Wildman–Crippen MR) is 98.5 cm³/mol. The molecule has 0 radical (unpaired) electrons. The summed E-state index contributed by atoms with van der Waals surface area (Å²) in [6, 6.07) is 7.83. The monoisotopic (exact) mass is 379 g/mol. The summed E-state index contributed by atoms with van der Waals surface area (Å²) in [4.78, 5) is 24.9. The second kappa shape index (κ2) is 9.38. The van der Waals surface area contributed by atoms with E-state index in [0.717, 1.165) is 4.90 Å². The van der Waals surface area contributed by atoms with Crippen molar-refractivity contribution in [2.75, 3.05) is 11.1 Å². The zero-order valence-electron chi connectivity index (χ0n) is 14.9. The Morgan fingerprint density at radius 1 is 1.23 bits per heavy atom. The van der Waals surface area contributed by atoms with E-state index in [1.54, 1.807) is 29.1 Å². The van der Waals surface area contributed by atoms with E-state index in [9.17, 15) is 14.0 Å². The van der Waals surface area contributed by atoms with Crippen LogP contribution in [0, 0.1) is 5.82 Å². The summed E-state index contributed by atoms with van der Waals surface area (Å²) < 4.78 is 19.7. The number of esters is 1. The molecular weight excluding hydrogens is 357 g/mol. The Balaban J connectivity index is 1.76. The van der Waals surface area contributed by atoms with Gasteiger partial charge >= 0.3 is 5.97 Å². The lowest BCUT2D eigenvalue weighted by atomic mass is 10.3. The lowest BCUT2D eigenvalue weighted by Crippen LogP contribution is -2.31. The molecule has 0 bridgehead atoms. The number of hydrogen-bond donors (Lipinski definition) is 1. The molecular formula is C18H22FN3O3S. The number of rotatable bonds is 8. The minimum absolute atomic E-state index is 0.0987. The Hall–Kier alpha value is -2.35. The Morgan fingerprint density at radius 3 is 2.58 bits per heavy atom. The molecule has 0 fully saturated rings. The normalized spacial score (nSPS) is 12.0. The van der Waals surface area contributed by atoms with Gasteiger partial charge in [-0.15, -0.1) is 11.8 Å². The minimum Gasteiger partial charge on any atom is -0.453 e. The Bertz CT molecular complexity index is 746.